The monoisotopic (exact) mass is 500 g/mol. The topological polar surface area (TPSA) is 77.1 Å². The second kappa shape index (κ2) is 8.83. The summed E-state index contributed by atoms with van der Waals surface area (Å²) in [5.41, 5.74) is -0.0828. The van der Waals surface area contributed by atoms with E-state index in [-0.39, 0.29) is 17.8 Å². The third kappa shape index (κ3) is 4.14. The molecule has 2 aromatic rings. The van der Waals surface area contributed by atoms with Crippen molar-refractivity contribution in [2.45, 2.75) is 37.5 Å². The molecule has 0 aromatic heterocycles. The summed E-state index contributed by atoms with van der Waals surface area (Å²) in [4.78, 5) is 14.9. The number of alkyl halides is 3. The van der Waals surface area contributed by atoms with E-state index in [1.807, 2.05) is 11.9 Å². The van der Waals surface area contributed by atoms with Crippen LogP contribution in [0.25, 0.3) is 0 Å². The highest BCUT2D eigenvalue weighted by Gasteiger charge is 2.47. The third-order valence-electron chi connectivity index (χ3n) is 6.63. The van der Waals surface area contributed by atoms with Crippen molar-refractivity contribution >= 4 is 23.0 Å². The largest absolute Gasteiger partial charge is 0.503 e. The summed E-state index contributed by atoms with van der Waals surface area (Å²) < 4.78 is 74.5. The van der Waals surface area contributed by atoms with Crippen LogP contribution < -0.4 is 20.7 Å². The maximum absolute atomic E-state index is 14.9. The van der Waals surface area contributed by atoms with Gasteiger partial charge in [-0.05, 0) is 44.0 Å². The van der Waals surface area contributed by atoms with E-state index in [1.165, 1.54) is 20.0 Å². The highest BCUT2D eigenvalue weighted by Crippen LogP contribution is 2.47. The van der Waals surface area contributed by atoms with E-state index in [0.29, 0.717) is 18.8 Å². The Labute approximate surface area is 198 Å². The summed E-state index contributed by atoms with van der Waals surface area (Å²) in [6, 6.07) is 5.39. The highest BCUT2D eigenvalue weighted by molar-refractivity contribution is 5.93. The van der Waals surface area contributed by atoms with E-state index in [1.54, 1.807) is 12.1 Å². The van der Waals surface area contributed by atoms with Gasteiger partial charge in [0.25, 0.3) is 0 Å². The second-order valence-corrected chi connectivity index (χ2v) is 8.72. The first kappa shape index (κ1) is 25.0. The smallest absolute Gasteiger partial charge is 0.419 e. The van der Waals surface area contributed by atoms with Gasteiger partial charge in [0.2, 0.25) is 5.91 Å². The summed E-state index contributed by atoms with van der Waals surface area (Å²) >= 11 is 0. The van der Waals surface area contributed by atoms with Crippen LogP contribution in [0, 0.1) is 11.6 Å². The molecule has 35 heavy (non-hydrogen) atoms. The van der Waals surface area contributed by atoms with Crippen molar-refractivity contribution in [3.8, 4) is 5.75 Å². The molecule has 2 heterocycles. The molecule has 2 aliphatic rings. The van der Waals surface area contributed by atoms with Crippen molar-refractivity contribution in [2.24, 2.45) is 0 Å². The van der Waals surface area contributed by atoms with E-state index in [2.05, 4.69) is 10.7 Å². The average molecular weight is 500 g/mol. The number of halogens is 5. The van der Waals surface area contributed by atoms with Crippen LogP contribution in [-0.4, -0.2) is 44.4 Å². The zero-order valence-electron chi connectivity index (χ0n) is 19.3. The van der Waals surface area contributed by atoms with Crippen LogP contribution in [0.3, 0.4) is 0 Å². The van der Waals surface area contributed by atoms with Gasteiger partial charge >= 0.3 is 6.18 Å². The Balaban J connectivity index is 1.85. The fourth-order valence-corrected chi connectivity index (χ4v) is 4.56. The number of hydrazine groups is 1. The van der Waals surface area contributed by atoms with Crippen molar-refractivity contribution in [1.82, 2.24) is 10.7 Å². The second-order valence-electron chi connectivity index (χ2n) is 8.72. The molecule has 2 aliphatic heterocycles. The standard InChI is InChI=1S/C23H25F5N4O3/c1-22(21(34)29-2)14-10-13(31(3)12-6-8-35-9-7-12)4-5-16(14)32(30-22)17-11-15(23(26,27)28)18(24)20(33)19(17)25/h4-5,10-12,30,33H,6-9H2,1-3H3,(H,29,34). The number of fused-ring (bicyclic) bond motifs is 1. The first-order valence-corrected chi connectivity index (χ1v) is 10.9. The molecule has 0 aliphatic carbocycles. The molecule has 0 saturated carbocycles. The number of benzene rings is 2. The third-order valence-corrected chi connectivity index (χ3v) is 6.63. The van der Waals surface area contributed by atoms with E-state index in [9.17, 15) is 31.9 Å². The number of rotatable bonds is 4. The van der Waals surface area contributed by atoms with Crippen molar-refractivity contribution in [3.05, 3.63) is 47.0 Å². The van der Waals surface area contributed by atoms with Crippen LogP contribution in [0.1, 0.15) is 30.9 Å². The Hall–Kier alpha value is -3.12. The molecule has 1 atom stereocenters. The number of nitrogens with zero attached hydrogens (tertiary/aromatic N) is 2. The Kier molecular flexibility index (Phi) is 6.30. The molecule has 1 amide bonds. The lowest BCUT2D eigenvalue weighted by Crippen LogP contribution is -2.52. The van der Waals surface area contributed by atoms with E-state index in [4.69, 9.17) is 4.74 Å². The molecule has 0 radical (unpaired) electrons. The van der Waals surface area contributed by atoms with Gasteiger partial charge in [-0.1, -0.05) is 0 Å². The Morgan fingerprint density at radius 2 is 1.86 bits per heavy atom. The highest BCUT2D eigenvalue weighted by atomic mass is 19.4. The van der Waals surface area contributed by atoms with Crippen molar-refractivity contribution < 1.29 is 36.6 Å². The van der Waals surface area contributed by atoms with Gasteiger partial charge < -0.3 is 20.1 Å². The normalized spacial score (nSPS) is 20.6. The number of anilines is 3. The van der Waals surface area contributed by atoms with Crippen LogP contribution in [0.2, 0.25) is 0 Å². The molecule has 0 bridgehead atoms. The van der Waals surface area contributed by atoms with Gasteiger partial charge in [0, 0.05) is 44.6 Å². The molecule has 4 rings (SSSR count). The Morgan fingerprint density at radius 3 is 2.46 bits per heavy atom. The van der Waals surface area contributed by atoms with Crippen LogP contribution >= 0.6 is 0 Å². The number of carbonyl (C=O) groups excluding carboxylic acids is 1. The summed E-state index contributed by atoms with van der Waals surface area (Å²) in [6.45, 7) is 2.72. The van der Waals surface area contributed by atoms with Gasteiger partial charge in [-0.3, -0.25) is 9.80 Å². The Morgan fingerprint density at radius 1 is 1.20 bits per heavy atom. The maximum atomic E-state index is 14.9. The molecule has 1 fully saturated rings. The summed E-state index contributed by atoms with van der Waals surface area (Å²) in [5, 5.41) is 13.2. The molecule has 2 aromatic carbocycles. The number of aromatic hydroxyl groups is 1. The van der Waals surface area contributed by atoms with Crippen molar-refractivity contribution in [1.29, 1.82) is 0 Å². The van der Waals surface area contributed by atoms with Crippen LogP contribution in [0.5, 0.6) is 5.75 Å². The van der Waals surface area contributed by atoms with Crippen LogP contribution in [-0.2, 0) is 21.2 Å². The van der Waals surface area contributed by atoms with Gasteiger partial charge in [0.1, 0.15) is 5.54 Å². The Bertz CT molecular complexity index is 1150. The van der Waals surface area contributed by atoms with Gasteiger partial charge in [0.15, 0.2) is 17.4 Å². The van der Waals surface area contributed by atoms with Crippen LogP contribution in [0.15, 0.2) is 24.3 Å². The molecule has 12 heteroatoms. The molecule has 1 unspecified atom stereocenters. The minimum atomic E-state index is -5.19. The summed E-state index contributed by atoms with van der Waals surface area (Å²) in [6.07, 6.45) is -3.59. The number of carbonyl (C=O) groups is 1. The molecular formula is C23H25F5N4O3. The quantitative estimate of drug-likeness (QED) is 0.553. The molecular weight excluding hydrogens is 475 g/mol. The van der Waals surface area contributed by atoms with Gasteiger partial charge in [-0.25, -0.2) is 14.2 Å². The number of amides is 1. The number of nitrogens with one attached hydrogen (secondary N) is 2. The number of hydrogen-bond donors (Lipinski definition) is 3. The molecule has 190 valence electrons. The SMILES string of the molecule is CNC(=O)C1(C)NN(c2cc(C(F)(F)F)c(F)c(O)c2F)c2ccc(N(C)C3CCOCC3)cc21. The number of phenolic OH excluding ortho intramolecular Hbond substituents is 1. The summed E-state index contributed by atoms with van der Waals surface area (Å²) in [7, 11) is 3.28. The van der Waals surface area contributed by atoms with E-state index >= 15 is 0 Å². The lowest BCUT2D eigenvalue weighted by molar-refractivity contribution is -0.140. The van der Waals surface area contributed by atoms with Crippen molar-refractivity contribution in [2.75, 3.05) is 37.2 Å². The summed E-state index contributed by atoms with van der Waals surface area (Å²) in [5.74, 6) is -6.00. The molecule has 3 N–H and O–H groups in total. The predicted molar refractivity (Wildman–Crippen MR) is 118 cm³/mol. The fraction of sp³-hybridized carbons (Fsp3) is 0.435. The lowest BCUT2D eigenvalue weighted by atomic mass is 9.91. The zero-order valence-corrected chi connectivity index (χ0v) is 19.3. The molecule has 1 saturated heterocycles. The van der Waals surface area contributed by atoms with Gasteiger partial charge in [-0.15, -0.1) is 0 Å². The maximum Gasteiger partial charge on any atom is 0.419 e. The number of ether oxygens (including phenoxy) is 1. The minimum Gasteiger partial charge on any atom is -0.503 e. The van der Waals surface area contributed by atoms with Gasteiger partial charge in [-0.2, -0.15) is 13.2 Å². The first-order chi connectivity index (χ1) is 16.4. The van der Waals surface area contributed by atoms with Crippen molar-refractivity contribution in [3.63, 3.8) is 0 Å². The van der Waals surface area contributed by atoms with E-state index < -0.39 is 46.3 Å². The van der Waals surface area contributed by atoms with Crippen LogP contribution in [0.4, 0.5) is 39.0 Å². The lowest BCUT2D eigenvalue weighted by Gasteiger charge is -2.33. The van der Waals surface area contributed by atoms with Gasteiger partial charge in [0.05, 0.1) is 16.9 Å². The molecule has 7 nitrogen and oxygen atoms in total. The number of likely N-dealkylation sites (N-methyl/N-ethyl adjacent to an activating group) is 1. The minimum absolute atomic E-state index is 0.179. The zero-order chi connectivity index (χ0) is 25.7. The average Bonchev–Trinajstić information content (AvgIpc) is 3.14. The first-order valence-electron chi connectivity index (χ1n) is 10.9. The molecule has 0 spiro atoms. The number of hydrogen-bond acceptors (Lipinski definition) is 6. The predicted octanol–water partition coefficient (Wildman–Crippen LogP) is 3.92. The number of phenols is 1. The van der Waals surface area contributed by atoms with E-state index in [0.717, 1.165) is 23.5 Å². The fourth-order valence-electron chi connectivity index (χ4n) is 4.56.